The lowest BCUT2D eigenvalue weighted by Crippen LogP contribution is -2.16. The summed E-state index contributed by atoms with van der Waals surface area (Å²) in [7, 11) is 1.67. The summed E-state index contributed by atoms with van der Waals surface area (Å²) in [5.41, 5.74) is 3.40. The number of ether oxygens (including phenoxy) is 1. The molecular weight excluding hydrogens is 366 g/mol. The number of tetrazole rings is 1. The molecule has 2 heterocycles. The topological polar surface area (TPSA) is 74.8 Å². The van der Waals surface area contributed by atoms with Crippen molar-refractivity contribution < 1.29 is 9.53 Å². The van der Waals surface area contributed by atoms with Crippen LogP contribution in [0.25, 0.3) is 11.4 Å². The van der Waals surface area contributed by atoms with Gasteiger partial charge < -0.3 is 9.30 Å². The molecule has 1 atom stereocenters. The molecule has 0 aliphatic heterocycles. The van der Waals surface area contributed by atoms with Crippen LogP contribution < -0.4 is 0 Å². The maximum absolute atomic E-state index is 12.8. The van der Waals surface area contributed by atoms with Gasteiger partial charge in [0.25, 0.3) is 0 Å². The Kier molecular flexibility index (Phi) is 5.72. The molecule has 0 unspecified atom stereocenters. The van der Waals surface area contributed by atoms with Crippen LogP contribution in [0.5, 0.6) is 0 Å². The van der Waals surface area contributed by atoms with Crippen molar-refractivity contribution in [2.24, 2.45) is 0 Å². The average molecular weight is 388 g/mol. The number of aryl methyl sites for hydroxylation is 1. The molecule has 3 aromatic rings. The van der Waals surface area contributed by atoms with E-state index in [4.69, 9.17) is 16.3 Å². The Bertz CT molecular complexity index is 946. The largest absolute Gasteiger partial charge is 0.383 e. The predicted octanol–water partition coefficient (Wildman–Crippen LogP) is 3.50. The van der Waals surface area contributed by atoms with E-state index in [0.29, 0.717) is 23.0 Å². The summed E-state index contributed by atoms with van der Waals surface area (Å²) < 4.78 is 7.35. The first-order valence-electron chi connectivity index (χ1n) is 8.65. The molecular formula is C19H22ClN5O2. The highest BCUT2D eigenvalue weighted by molar-refractivity contribution is 6.30. The lowest BCUT2D eigenvalue weighted by atomic mass is 10.1. The van der Waals surface area contributed by atoms with E-state index in [-0.39, 0.29) is 18.4 Å². The standard InChI is InChI=1S/C19H22ClN5O2/c1-12-9-17(14(3)25(12)13(2)11-27-4)18(26)10-24-22-19(21-23-24)15-5-7-16(20)8-6-15/h5-9,13H,10-11H2,1-4H3/t13-/m0/s1. The van der Waals surface area contributed by atoms with E-state index < -0.39 is 0 Å². The Labute approximate surface area is 162 Å². The van der Waals surface area contributed by atoms with Crippen LogP contribution in [0.4, 0.5) is 0 Å². The highest BCUT2D eigenvalue weighted by atomic mass is 35.5. The summed E-state index contributed by atoms with van der Waals surface area (Å²) in [6.45, 7) is 6.61. The van der Waals surface area contributed by atoms with Crippen molar-refractivity contribution >= 4 is 17.4 Å². The molecule has 3 rings (SSSR count). The number of ketones is 1. The van der Waals surface area contributed by atoms with Gasteiger partial charge in [0.1, 0.15) is 6.54 Å². The van der Waals surface area contributed by atoms with Crippen LogP contribution in [-0.4, -0.2) is 44.3 Å². The number of carbonyl (C=O) groups excluding carboxylic acids is 1. The van der Waals surface area contributed by atoms with Gasteiger partial charge in [-0.05, 0) is 56.3 Å². The van der Waals surface area contributed by atoms with E-state index in [1.165, 1.54) is 4.80 Å². The van der Waals surface area contributed by atoms with Crippen LogP contribution in [0.2, 0.25) is 5.02 Å². The highest BCUT2D eigenvalue weighted by Crippen LogP contribution is 2.22. The fraction of sp³-hybridized carbons (Fsp3) is 0.368. The van der Waals surface area contributed by atoms with Crippen LogP contribution in [0, 0.1) is 13.8 Å². The third-order valence-corrected chi connectivity index (χ3v) is 4.73. The van der Waals surface area contributed by atoms with Crippen LogP contribution in [0.3, 0.4) is 0 Å². The zero-order chi connectivity index (χ0) is 19.6. The first kappa shape index (κ1) is 19.3. The second-order valence-electron chi connectivity index (χ2n) is 6.53. The lowest BCUT2D eigenvalue weighted by Gasteiger charge is -2.17. The fourth-order valence-electron chi connectivity index (χ4n) is 3.29. The Morgan fingerprint density at radius 1 is 1.26 bits per heavy atom. The first-order valence-corrected chi connectivity index (χ1v) is 9.02. The molecule has 0 spiro atoms. The maximum atomic E-state index is 12.8. The molecule has 0 aliphatic rings. The van der Waals surface area contributed by atoms with Gasteiger partial charge in [0.2, 0.25) is 5.82 Å². The van der Waals surface area contributed by atoms with Gasteiger partial charge in [-0.25, -0.2) is 0 Å². The molecule has 1 aromatic carbocycles. The molecule has 27 heavy (non-hydrogen) atoms. The number of hydrogen-bond acceptors (Lipinski definition) is 5. The number of Topliss-reactive ketones (excluding diaryl/α,β-unsaturated/α-hetero) is 1. The summed E-state index contributed by atoms with van der Waals surface area (Å²) >= 11 is 5.90. The zero-order valence-corrected chi connectivity index (χ0v) is 16.6. The van der Waals surface area contributed by atoms with E-state index in [1.807, 2.05) is 32.0 Å². The molecule has 0 saturated carbocycles. The summed E-state index contributed by atoms with van der Waals surface area (Å²) in [6, 6.07) is 9.21. The van der Waals surface area contributed by atoms with Crippen molar-refractivity contribution in [2.45, 2.75) is 33.4 Å². The number of benzene rings is 1. The third-order valence-electron chi connectivity index (χ3n) is 4.47. The molecule has 0 aliphatic carbocycles. The molecule has 0 N–H and O–H groups in total. The second kappa shape index (κ2) is 8.02. The monoisotopic (exact) mass is 387 g/mol. The Balaban J connectivity index is 1.78. The van der Waals surface area contributed by atoms with Gasteiger partial charge in [-0.15, -0.1) is 10.2 Å². The van der Waals surface area contributed by atoms with Crippen molar-refractivity contribution in [3.63, 3.8) is 0 Å². The quantitative estimate of drug-likeness (QED) is 0.580. The van der Waals surface area contributed by atoms with Gasteiger partial charge in [0.05, 0.1) is 12.6 Å². The minimum absolute atomic E-state index is 0.0313. The number of halogens is 1. The molecule has 142 valence electrons. The molecule has 8 heteroatoms. The summed E-state index contributed by atoms with van der Waals surface area (Å²) in [4.78, 5) is 14.1. The molecule has 0 bridgehead atoms. The van der Waals surface area contributed by atoms with Crippen LogP contribution >= 0.6 is 11.6 Å². The minimum Gasteiger partial charge on any atom is -0.383 e. The van der Waals surface area contributed by atoms with Crippen LogP contribution in [-0.2, 0) is 11.3 Å². The normalized spacial score (nSPS) is 12.3. The van der Waals surface area contributed by atoms with Gasteiger partial charge in [0, 0.05) is 34.6 Å². The van der Waals surface area contributed by atoms with Gasteiger partial charge in [-0.2, -0.15) is 4.80 Å². The Morgan fingerprint density at radius 3 is 2.63 bits per heavy atom. The number of rotatable bonds is 7. The molecule has 0 radical (unpaired) electrons. The number of hydrogen-bond donors (Lipinski definition) is 0. The molecule has 7 nitrogen and oxygen atoms in total. The van der Waals surface area contributed by atoms with Crippen LogP contribution in [0.1, 0.15) is 34.7 Å². The fourth-order valence-corrected chi connectivity index (χ4v) is 3.42. The third kappa shape index (κ3) is 4.09. The Morgan fingerprint density at radius 2 is 1.96 bits per heavy atom. The molecule has 0 fully saturated rings. The van der Waals surface area contributed by atoms with E-state index in [0.717, 1.165) is 17.0 Å². The van der Waals surface area contributed by atoms with E-state index >= 15 is 0 Å². The van der Waals surface area contributed by atoms with Gasteiger partial charge in [0.15, 0.2) is 5.78 Å². The van der Waals surface area contributed by atoms with Gasteiger partial charge in [-0.3, -0.25) is 4.79 Å². The molecule has 2 aromatic heterocycles. The SMILES string of the molecule is COC[C@H](C)n1c(C)cc(C(=O)Cn2nnc(-c3ccc(Cl)cc3)n2)c1C. The minimum atomic E-state index is -0.0565. The summed E-state index contributed by atoms with van der Waals surface area (Å²) in [5.74, 6) is 0.401. The van der Waals surface area contributed by atoms with E-state index in [1.54, 1.807) is 19.2 Å². The first-order chi connectivity index (χ1) is 12.9. The lowest BCUT2D eigenvalue weighted by molar-refractivity contribution is 0.0960. The smallest absolute Gasteiger partial charge is 0.204 e. The van der Waals surface area contributed by atoms with Crippen molar-refractivity contribution in [1.29, 1.82) is 0 Å². The van der Waals surface area contributed by atoms with Crippen LogP contribution in [0.15, 0.2) is 30.3 Å². The zero-order valence-electron chi connectivity index (χ0n) is 15.8. The average Bonchev–Trinajstić information content (AvgIpc) is 3.20. The van der Waals surface area contributed by atoms with Crippen molar-refractivity contribution in [3.8, 4) is 11.4 Å². The van der Waals surface area contributed by atoms with E-state index in [2.05, 4.69) is 26.9 Å². The summed E-state index contributed by atoms with van der Waals surface area (Å²) in [5, 5.41) is 13.0. The molecule has 0 amide bonds. The highest BCUT2D eigenvalue weighted by Gasteiger charge is 2.20. The van der Waals surface area contributed by atoms with Gasteiger partial charge in [-0.1, -0.05) is 11.6 Å². The Hall–Kier alpha value is -2.51. The van der Waals surface area contributed by atoms with E-state index in [9.17, 15) is 4.79 Å². The predicted molar refractivity (Wildman–Crippen MR) is 103 cm³/mol. The number of aromatic nitrogens is 5. The van der Waals surface area contributed by atoms with Crippen molar-refractivity contribution in [1.82, 2.24) is 24.8 Å². The molecule has 0 saturated heterocycles. The van der Waals surface area contributed by atoms with Gasteiger partial charge >= 0.3 is 0 Å². The van der Waals surface area contributed by atoms with Crippen molar-refractivity contribution in [2.75, 3.05) is 13.7 Å². The number of carbonyl (C=O) groups is 1. The maximum Gasteiger partial charge on any atom is 0.204 e. The number of methoxy groups -OCH3 is 1. The number of nitrogens with zero attached hydrogens (tertiary/aromatic N) is 5. The second-order valence-corrected chi connectivity index (χ2v) is 6.97. The van der Waals surface area contributed by atoms with Crippen molar-refractivity contribution in [3.05, 3.63) is 52.3 Å². The summed E-state index contributed by atoms with van der Waals surface area (Å²) in [6.07, 6.45) is 0.